The van der Waals surface area contributed by atoms with Crippen molar-refractivity contribution in [2.45, 2.75) is 6.92 Å². The van der Waals surface area contributed by atoms with Crippen LogP contribution in [0.4, 0.5) is 33.4 Å². The maximum Gasteiger partial charge on any atom is 0.323 e. The molecule has 0 aliphatic carbocycles. The molecule has 1 heterocycles. The van der Waals surface area contributed by atoms with Gasteiger partial charge in [0.15, 0.2) is 5.82 Å². The molecule has 3 N–H and O–H groups in total. The van der Waals surface area contributed by atoms with E-state index in [2.05, 4.69) is 26.1 Å². The third-order valence-electron chi connectivity index (χ3n) is 3.94. The van der Waals surface area contributed by atoms with Gasteiger partial charge in [-0.3, -0.25) is 0 Å². The van der Waals surface area contributed by atoms with Crippen LogP contribution in [-0.2, 0) is 0 Å². The minimum absolute atomic E-state index is 0.365. The second-order valence-corrected chi connectivity index (χ2v) is 6.87. The Labute approximate surface area is 168 Å². The molecule has 3 rings (SSSR count). The number of rotatable bonds is 5. The number of anilines is 5. The molecule has 0 aliphatic heterocycles. The first kappa shape index (κ1) is 19.4. The van der Waals surface area contributed by atoms with Gasteiger partial charge in [0, 0.05) is 31.5 Å². The highest BCUT2D eigenvalue weighted by atomic mass is 35.5. The summed E-state index contributed by atoms with van der Waals surface area (Å²) in [4.78, 5) is 14.1. The lowest BCUT2D eigenvalue weighted by Crippen LogP contribution is -2.19. The van der Waals surface area contributed by atoms with Crippen molar-refractivity contribution in [2.75, 3.05) is 34.9 Å². The molecule has 0 radical (unpaired) electrons. The lowest BCUT2D eigenvalue weighted by Gasteiger charge is -2.13. The van der Waals surface area contributed by atoms with Gasteiger partial charge in [-0.15, -0.1) is 5.10 Å². The van der Waals surface area contributed by atoms with Gasteiger partial charge >= 0.3 is 6.03 Å². The van der Waals surface area contributed by atoms with E-state index in [9.17, 15) is 4.79 Å². The van der Waals surface area contributed by atoms with Crippen molar-refractivity contribution in [3.63, 3.8) is 0 Å². The Morgan fingerprint density at radius 1 is 1.00 bits per heavy atom. The molecule has 0 spiro atoms. The minimum Gasteiger partial charge on any atom is -0.376 e. The van der Waals surface area contributed by atoms with E-state index < -0.39 is 0 Å². The van der Waals surface area contributed by atoms with Crippen LogP contribution in [0.15, 0.2) is 54.7 Å². The normalized spacial score (nSPS) is 10.3. The lowest BCUT2D eigenvalue weighted by atomic mass is 10.2. The molecule has 3 aromatic rings. The third-order valence-corrected chi connectivity index (χ3v) is 4.26. The number of carbonyl (C=O) groups is 1. The highest BCUT2D eigenvalue weighted by Gasteiger charge is 2.07. The SMILES string of the molecule is Cc1ccc(NC(=O)Nc2ccc(Nc3cc(N(C)C)cnn3)cc2)c(Cl)c1. The minimum atomic E-state index is -0.365. The largest absolute Gasteiger partial charge is 0.376 e. The highest BCUT2D eigenvalue weighted by Crippen LogP contribution is 2.23. The number of amides is 2. The number of hydrogen-bond acceptors (Lipinski definition) is 5. The Hall–Kier alpha value is -3.32. The number of hydrogen-bond donors (Lipinski definition) is 3. The fourth-order valence-electron chi connectivity index (χ4n) is 2.45. The molecule has 8 heteroatoms. The Kier molecular flexibility index (Phi) is 5.96. The van der Waals surface area contributed by atoms with Gasteiger partial charge in [-0.05, 0) is 48.9 Å². The van der Waals surface area contributed by atoms with Crippen LogP contribution in [0.2, 0.25) is 5.02 Å². The first-order valence-electron chi connectivity index (χ1n) is 8.62. The van der Waals surface area contributed by atoms with Crippen molar-refractivity contribution in [3.05, 3.63) is 65.3 Å². The standard InChI is InChI=1S/C20H21ClN6O/c1-13-4-9-18(17(21)10-13)25-20(28)24-15-7-5-14(6-8-15)23-19-11-16(27(2)3)12-22-26-19/h4-12H,1-3H3,(H,23,26)(H2,24,25,28). The number of nitrogens with zero attached hydrogens (tertiary/aromatic N) is 3. The number of nitrogens with one attached hydrogen (secondary N) is 3. The molecule has 144 valence electrons. The Morgan fingerprint density at radius 2 is 1.71 bits per heavy atom. The topological polar surface area (TPSA) is 82.2 Å². The number of aromatic nitrogens is 2. The fourth-order valence-corrected chi connectivity index (χ4v) is 2.74. The summed E-state index contributed by atoms with van der Waals surface area (Å²) >= 11 is 6.14. The van der Waals surface area contributed by atoms with Crippen LogP contribution in [0.25, 0.3) is 0 Å². The number of urea groups is 1. The first-order chi connectivity index (χ1) is 13.4. The second-order valence-electron chi connectivity index (χ2n) is 6.46. The van der Waals surface area contributed by atoms with Gasteiger partial charge in [0.1, 0.15) is 0 Å². The molecule has 0 aliphatic rings. The van der Waals surface area contributed by atoms with E-state index in [1.165, 1.54) is 0 Å². The molecule has 28 heavy (non-hydrogen) atoms. The van der Waals surface area contributed by atoms with Crippen molar-refractivity contribution >= 4 is 46.2 Å². The summed E-state index contributed by atoms with van der Waals surface area (Å²) in [5, 5.41) is 17.2. The molecule has 7 nitrogen and oxygen atoms in total. The summed E-state index contributed by atoms with van der Waals surface area (Å²) in [6.45, 7) is 1.94. The van der Waals surface area contributed by atoms with Gasteiger partial charge < -0.3 is 20.9 Å². The van der Waals surface area contributed by atoms with E-state index in [-0.39, 0.29) is 6.03 Å². The zero-order valence-electron chi connectivity index (χ0n) is 15.8. The summed E-state index contributed by atoms with van der Waals surface area (Å²) in [6.07, 6.45) is 1.69. The summed E-state index contributed by atoms with van der Waals surface area (Å²) in [6, 6.07) is 14.3. The van der Waals surface area contributed by atoms with Gasteiger partial charge in [-0.25, -0.2) is 4.79 Å². The van der Waals surface area contributed by atoms with Crippen LogP contribution < -0.4 is 20.9 Å². The maximum absolute atomic E-state index is 12.2. The Bertz CT molecular complexity index is 975. The summed E-state index contributed by atoms with van der Waals surface area (Å²) in [7, 11) is 3.88. The van der Waals surface area contributed by atoms with Crippen molar-refractivity contribution in [1.29, 1.82) is 0 Å². The van der Waals surface area contributed by atoms with Crippen LogP contribution in [0, 0.1) is 6.92 Å². The van der Waals surface area contributed by atoms with Gasteiger partial charge in [-0.1, -0.05) is 17.7 Å². The monoisotopic (exact) mass is 396 g/mol. The van der Waals surface area contributed by atoms with Crippen LogP contribution in [0.5, 0.6) is 0 Å². The summed E-state index contributed by atoms with van der Waals surface area (Å²) < 4.78 is 0. The highest BCUT2D eigenvalue weighted by molar-refractivity contribution is 6.33. The Balaban J connectivity index is 1.61. The molecule has 0 saturated heterocycles. The molecule has 0 atom stereocenters. The molecule has 2 aromatic carbocycles. The van der Waals surface area contributed by atoms with Crippen molar-refractivity contribution in [3.8, 4) is 0 Å². The summed E-state index contributed by atoms with van der Waals surface area (Å²) in [5.74, 6) is 0.638. The van der Waals surface area contributed by atoms with Gasteiger partial charge in [0.2, 0.25) is 0 Å². The number of aryl methyl sites for hydroxylation is 1. The second kappa shape index (κ2) is 8.58. The molecular formula is C20H21ClN6O. The van der Waals surface area contributed by atoms with E-state index in [1.807, 2.05) is 50.2 Å². The van der Waals surface area contributed by atoms with Crippen LogP contribution in [0.3, 0.4) is 0 Å². The maximum atomic E-state index is 12.2. The van der Waals surface area contributed by atoms with E-state index >= 15 is 0 Å². The van der Waals surface area contributed by atoms with Crippen LogP contribution in [-0.4, -0.2) is 30.3 Å². The van der Waals surface area contributed by atoms with E-state index in [4.69, 9.17) is 11.6 Å². The van der Waals surface area contributed by atoms with Crippen LogP contribution in [0.1, 0.15) is 5.56 Å². The lowest BCUT2D eigenvalue weighted by molar-refractivity contribution is 0.262. The molecule has 0 unspecified atom stereocenters. The fraction of sp³-hybridized carbons (Fsp3) is 0.150. The Morgan fingerprint density at radius 3 is 2.39 bits per heavy atom. The molecule has 1 aromatic heterocycles. The summed E-state index contributed by atoms with van der Waals surface area (Å²) in [5.41, 5.74) is 4.02. The molecule has 2 amide bonds. The smallest absolute Gasteiger partial charge is 0.323 e. The van der Waals surface area contributed by atoms with E-state index in [0.29, 0.717) is 22.2 Å². The quantitative estimate of drug-likeness (QED) is 0.571. The first-order valence-corrected chi connectivity index (χ1v) is 9.00. The zero-order chi connectivity index (χ0) is 20.1. The number of benzene rings is 2. The van der Waals surface area contributed by atoms with E-state index in [1.54, 1.807) is 30.5 Å². The van der Waals surface area contributed by atoms with Crippen molar-refractivity contribution in [2.24, 2.45) is 0 Å². The van der Waals surface area contributed by atoms with Gasteiger partial charge in [0.05, 0.1) is 22.6 Å². The zero-order valence-corrected chi connectivity index (χ0v) is 16.6. The van der Waals surface area contributed by atoms with Crippen molar-refractivity contribution in [1.82, 2.24) is 10.2 Å². The predicted octanol–water partition coefficient (Wildman–Crippen LogP) is 4.89. The molecule has 0 saturated carbocycles. The molecule has 0 fully saturated rings. The predicted molar refractivity (Wildman–Crippen MR) is 115 cm³/mol. The number of halogens is 1. The third kappa shape index (κ3) is 5.11. The average molecular weight is 397 g/mol. The van der Waals surface area contributed by atoms with Gasteiger partial charge in [-0.2, -0.15) is 5.10 Å². The van der Waals surface area contributed by atoms with Gasteiger partial charge in [0.25, 0.3) is 0 Å². The number of carbonyl (C=O) groups excluding carboxylic acids is 1. The molecule has 0 bridgehead atoms. The molecular weight excluding hydrogens is 376 g/mol. The van der Waals surface area contributed by atoms with E-state index in [0.717, 1.165) is 16.9 Å². The average Bonchev–Trinajstić information content (AvgIpc) is 2.66. The van der Waals surface area contributed by atoms with Crippen LogP contribution >= 0.6 is 11.6 Å². The van der Waals surface area contributed by atoms with Crippen molar-refractivity contribution < 1.29 is 4.79 Å².